The first-order chi connectivity index (χ1) is 8.83. The lowest BCUT2D eigenvalue weighted by Crippen LogP contribution is -2.10. The minimum atomic E-state index is -0.853. The van der Waals surface area contributed by atoms with Crippen LogP contribution in [0.4, 0.5) is 0 Å². The van der Waals surface area contributed by atoms with Crippen LogP contribution in [0.15, 0.2) is 0 Å². The van der Waals surface area contributed by atoms with E-state index in [-0.39, 0.29) is 31.5 Å². The van der Waals surface area contributed by atoms with E-state index < -0.39 is 10.2 Å². The number of hydrogen-bond acceptors (Lipinski definition) is 7. The minimum Gasteiger partial charge on any atom is -0.314 e. The second kappa shape index (κ2) is 12.8. The Morgan fingerprint density at radius 3 is 1.89 bits per heavy atom. The number of nitrogens with zero attached hydrogens (tertiary/aromatic N) is 3. The quantitative estimate of drug-likeness (QED) is 0.374. The van der Waals surface area contributed by atoms with Crippen LogP contribution in [0.25, 0.3) is 0 Å². The summed E-state index contributed by atoms with van der Waals surface area (Å²) in [5.74, 6) is 0.116. The van der Waals surface area contributed by atoms with Crippen molar-refractivity contribution in [3.8, 4) is 6.07 Å². The highest BCUT2D eigenvalue weighted by atomic mass is 79.9. The lowest BCUT2D eigenvalue weighted by Gasteiger charge is -2.02. The van der Waals surface area contributed by atoms with E-state index in [0.717, 1.165) is 5.33 Å². The van der Waals surface area contributed by atoms with Gasteiger partial charge in [-0.1, -0.05) is 29.8 Å². The van der Waals surface area contributed by atoms with Crippen molar-refractivity contribution in [3.05, 3.63) is 20.2 Å². The topological polar surface area (TPSA) is 129 Å². The summed E-state index contributed by atoms with van der Waals surface area (Å²) in [6.45, 7) is 3.74. The molecule has 2 atom stereocenters. The fourth-order valence-corrected chi connectivity index (χ4v) is 0.822. The van der Waals surface area contributed by atoms with Crippen LogP contribution in [0.2, 0.25) is 0 Å². The van der Waals surface area contributed by atoms with Crippen LogP contribution >= 0.6 is 15.9 Å². The largest absolute Gasteiger partial charge is 0.314 e. The Balaban J connectivity index is 0. The average Bonchev–Trinajstić information content (AvgIpc) is 2.34. The maximum Gasteiger partial charge on any atom is 0.294 e. The van der Waals surface area contributed by atoms with E-state index >= 15 is 0 Å². The molecule has 0 saturated heterocycles. The molecule has 0 aliphatic rings. The summed E-state index contributed by atoms with van der Waals surface area (Å²) < 4.78 is 0. The Hall–Kier alpha value is -1.63. The molecule has 10 heteroatoms. The van der Waals surface area contributed by atoms with E-state index in [9.17, 15) is 20.2 Å². The Kier molecular flexibility index (Phi) is 13.3. The van der Waals surface area contributed by atoms with Crippen molar-refractivity contribution >= 4 is 15.9 Å². The zero-order valence-corrected chi connectivity index (χ0v) is 12.2. The van der Waals surface area contributed by atoms with Crippen LogP contribution in [-0.4, -0.2) is 28.7 Å². The molecular formula is C9H16BrN3O6. The summed E-state index contributed by atoms with van der Waals surface area (Å²) in [5.41, 5.74) is 0. The van der Waals surface area contributed by atoms with E-state index in [1.807, 2.05) is 13.0 Å². The molecule has 0 aromatic carbocycles. The molecule has 0 aromatic rings. The second-order valence-corrected chi connectivity index (χ2v) is 4.41. The molecule has 0 fully saturated rings. The van der Waals surface area contributed by atoms with Gasteiger partial charge in [0, 0.05) is 11.8 Å². The van der Waals surface area contributed by atoms with Gasteiger partial charge in [-0.2, -0.15) is 5.26 Å². The third-order valence-corrected chi connectivity index (χ3v) is 2.74. The third-order valence-electron chi connectivity index (χ3n) is 1.63. The molecule has 0 aromatic heterocycles. The monoisotopic (exact) mass is 341 g/mol. The van der Waals surface area contributed by atoms with E-state index in [2.05, 4.69) is 25.6 Å². The van der Waals surface area contributed by atoms with Gasteiger partial charge in [-0.3, -0.25) is 0 Å². The van der Waals surface area contributed by atoms with Crippen LogP contribution in [0.3, 0.4) is 0 Å². The molecule has 0 heterocycles. The number of halogens is 1. The molecule has 0 rings (SSSR count). The molecule has 9 nitrogen and oxygen atoms in total. The SMILES string of the molecule is CC(CBr)CO[N+](=O)[O-].CC(CC#N)CO[N+](=O)[O-]. The maximum absolute atomic E-state index is 9.61. The Labute approximate surface area is 118 Å². The molecule has 0 bridgehead atoms. The van der Waals surface area contributed by atoms with Gasteiger partial charge in [-0.25, -0.2) is 0 Å². The van der Waals surface area contributed by atoms with Crippen LogP contribution in [0, 0.1) is 43.4 Å². The van der Waals surface area contributed by atoms with Gasteiger partial charge < -0.3 is 9.68 Å². The first-order valence-corrected chi connectivity index (χ1v) is 6.43. The van der Waals surface area contributed by atoms with Gasteiger partial charge >= 0.3 is 0 Å². The van der Waals surface area contributed by atoms with Crippen molar-refractivity contribution in [2.75, 3.05) is 18.5 Å². The summed E-state index contributed by atoms with van der Waals surface area (Å²) in [5, 5.41) is 26.4. The van der Waals surface area contributed by atoms with Gasteiger partial charge in [0.15, 0.2) is 0 Å². The molecular weight excluding hydrogens is 326 g/mol. The summed E-state index contributed by atoms with van der Waals surface area (Å²) in [7, 11) is 0. The number of alkyl halides is 1. The number of rotatable bonds is 8. The van der Waals surface area contributed by atoms with E-state index in [0.29, 0.717) is 0 Å². The summed E-state index contributed by atoms with van der Waals surface area (Å²) in [6.07, 6.45) is 0.286. The highest BCUT2D eigenvalue weighted by Crippen LogP contribution is 2.00. The van der Waals surface area contributed by atoms with Gasteiger partial charge in [0.25, 0.3) is 10.2 Å². The van der Waals surface area contributed by atoms with Gasteiger partial charge in [0.1, 0.15) is 6.61 Å². The van der Waals surface area contributed by atoms with Gasteiger partial charge in [0.2, 0.25) is 0 Å². The van der Waals surface area contributed by atoms with E-state index in [1.54, 1.807) is 6.92 Å². The zero-order valence-electron chi connectivity index (χ0n) is 10.7. The van der Waals surface area contributed by atoms with Crippen molar-refractivity contribution in [2.24, 2.45) is 11.8 Å². The highest BCUT2D eigenvalue weighted by molar-refractivity contribution is 9.09. The standard InChI is InChI=1S/C5H8N2O3.C4H8BrNO3/c1-5(2-3-6)4-10-7(8)9;1-4(2-5)3-9-6(7)8/h5H,2,4H2,1H3;4H,2-3H2,1H3. The third kappa shape index (κ3) is 18.9. The van der Waals surface area contributed by atoms with Crippen LogP contribution < -0.4 is 0 Å². The zero-order chi connectivity index (χ0) is 15.3. The highest BCUT2D eigenvalue weighted by Gasteiger charge is 2.03. The molecule has 0 amide bonds. The first kappa shape index (κ1) is 19.7. The molecule has 0 aliphatic carbocycles. The van der Waals surface area contributed by atoms with Crippen LogP contribution in [0.1, 0.15) is 20.3 Å². The average molecular weight is 342 g/mol. The summed E-state index contributed by atoms with van der Waals surface area (Å²) in [4.78, 5) is 27.3. The van der Waals surface area contributed by atoms with E-state index in [4.69, 9.17) is 5.26 Å². The predicted molar refractivity (Wildman–Crippen MR) is 68.2 cm³/mol. The molecule has 0 aliphatic heterocycles. The molecule has 0 radical (unpaired) electrons. The van der Waals surface area contributed by atoms with Gasteiger partial charge in [-0.15, -0.1) is 20.2 Å². The fourth-order valence-electron chi connectivity index (χ4n) is 0.636. The predicted octanol–water partition coefficient (Wildman–Crippen LogP) is 1.97. The van der Waals surface area contributed by atoms with E-state index in [1.165, 1.54) is 0 Å². The van der Waals surface area contributed by atoms with Gasteiger partial charge in [-0.05, 0) is 11.8 Å². The lowest BCUT2D eigenvalue weighted by atomic mass is 10.1. The fraction of sp³-hybridized carbons (Fsp3) is 0.889. The molecule has 0 spiro atoms. The molecule has 2 unspecified atom stereocenters. The van der Waals surface area contributed by atoms with Crippen molar-refractivity contribution in [2.45, 2.75) is 20.3 Å². The van der Waals surface area contributed by atoms with Crippen molar-refractivity contribution in [1.29, 1.82) is 5.26 Å². The first-order valence-electron chi connectivity index (χ1n) is 5.30. The van der Waals surface area contributed by atoms with Crippen molar-refractivity contribution in [1.82, 2.24) is 0 Å². The smallest absolute Gasteiger partial charge is 0.294 e. The molecule has 0 saturated carbocycles. The molecule has 110 valence electrons. The number of hydrogen-bond donors (Lipinski definition) is 0. The minimum absolute atomic E-state index is 0.000556. The maximum atomic E-state index is 9.61. The Morgan fingerprint density at radius 2 is 1.58 bits per heavy atom. The Morgan fingerprint density at radius 1 is 1.16 bits per heavy atom. The van der Waals surface area contributed by atoms with Crippen molar-refractivity contribution in [3.63, 3.8) is 0 Å². The Bertz CT molecular complexity index is 309. The van der Waals surface area contributed by atoms with Crippen LogP contribution in [-0.2, 0) is 9.68 Å². The summed E-state index contributed by atoms with van der Waals surface area (Å²) >= 11 is 3.16. The lowest BCUT2D eigenvalue weighted by molar-refractivity contribution is -0.759. The van der Waals surface area contributed by atoms with Crippen LogP contribution in [0.5, 0.6) is 0 Å². The molecule has 0 N–H and O–H groups in total. The number of nitriles is 1. The normalized spacial score (nSPS) is 12.1. The molecule has 19 heavy (non-hydrogen) atoms. The van der Waals surface area contributed by atoms with Crippen molar-refractivity contribution < 1.29 is 19.8 Å². The van der Waals surface area contributed by atoms with Gasteiger partial charge in [0.05, 0.1) is 12.7 Å². The second-order valence-electron chi connectivity index (χ2n) is 3.77. The summed E-state index contributed by atoms with van der Waals surface area (Å²) in [6, 6.07) is 1.89.